The first kappa shape index (κ1) is 15.5. The van der Waals surface area contributed by atoms with E-state index in [-0.39, 0.29) is 17.4 Å². The lowest BCUT2D eigenvalue weighted by molar-refractivity contribution is 0.0526. The molecule has 120 valence electrons. The minimum absolute atomic E-state index is 0.0172. The van der Waals surface area contributed by atoms with Crippen LogP contribution in [0.2, 0.25) is 0 Å². The number of hydrogen-bond acceptors (Lipinski definition) is 4. The molecule has 2 heterocycles. The van der Waals surface area contributed by atoms with Crippen LogP contribution in [0, 0.1) is 5.41 Å². The van der Waals surface area contributed by atoms with Gasteiger partial charge in [-0.25, -0.2) is 4.79 Å². The van der Waals surface area contributed by atoms with Crippen molar-refractivity contribution in [2.24, 2.45) is 5.41 Å². The number of carbonyl (C=O) groups excluding carboxylic acids is 1. The molecule has 0 spiro atoms. The lowest BCUT2D eigenvalue weighted by Gasteiger charge is -2.41. The largest absolute Gasteiger partial charge is 0.462 e. The zero-order valence-corrected chi connectivity index (χ0v) is 13.8. The highest BCUT2D eigenvalue weighted by atomic mass is 16.5. The van der Waals surface area contributed by atoms with Gasteiger partial charge in [0.2, 0.25) is 0 Å². The summed E-state index contributed by atoms with van der Waals surface area (Å²) in [5.41, 5.74) is 4.04. The molecule has 1 N–H and O–H groups in total. The van der Waals surface area contributed by atoms with Crippen LogP contribution in [-0.2, 0) is 11.2 Å². The maximum absolute atomic E-state index is 11.9. The van der Waals surface area contributed by atoms with Crippen LogP contribution in [0.4, 0.5) is 5.69 Å². The predicted octanol–water partition coefficient (Wildman–Crippen LogP) is 3.99. The van der Waals surface area contributed by atoms with Crippen molar-refractivity contribution in [2.75, 3.05) is 11.9 Å². The number of benzene rings is 1. The molecule has 0 saturated heterocycles. The summed E-state index contributed by atoms with van der Waals surface area (Å²) in [6, 6.07) is 10.00. The van der Waals surface area contributed by atoms with Crippen LogP contribution in [0.3, 0.4) is 0 Å². The van der Waals surface area contributed by atoms with E-state index in [1.807, 2.05) is 37.4 Å². The fourth-order valence-corrected chi connectivity index (χ4v) is 3.25. The van der Waals surface area contributed by atoms with E-state index in [1.165, 1.54) is 5.56 Å². The Labute approximate surface area is 136 Å². The number of esters is 1. The summed E-state index contributed by atoms with van der Waals surface area (Å²) in [5.74, 6) is -0.262. The van der Waals surface area contributed by atoms with Crippen LogP contribution >= 0.6 is 0 Å². The van der Waals surface area contributed by atoms with Crippen molar-refractivity contribution in [2.45, 2.75) is 33.2 Å². The van der Waals surface area contributed by atoms with E-state index < -0.39 is 0 Å². The molecule has 0 fully saturated rings. The number of nitrogens with zero attached hydrogens (tertiary/aromatic N) is 1. The van der Waals surface area contributed by atoms with Crippen LogP contribution < -0.4 is 5.32 Å². The Morgan fingerprint density at radius 2 is 2.22 bits per heavy atom. The van der Waals surface area contributed by atoms with Crippen LogP contribution in [-0.4, -0.2) is 17.6 Å². The second-order valence-electron chi connectivity index (χ2n) is 6.62. The summed E-state index contributed by atoms with van der Waals surface area (Å²) in [6.45, 7) is 6.68. The minimum Gasteiger partial charge on any atom is -0.462 e. The molecule has 4 nitrogen and oxygen atoms in total. The van der Waals surface area contributed by atoms with Crippen molar-refractivity contribution in [1.82, 2.24) is 4.98 Å². The molecule has 1 aliphatic heterocycles. The molecule has 4 heteroatoms. The Bertz CT molecular complexity index is 711. The summed E-state index contributed by atoms with van der Waals surface area (Å²) < 4.78 is 5.09. The third-order valence-corrected chi connectivity index (χ3v) is 4.36. The molecule has 3 rings (SSSR count). The number of aromatic nitrogens is 1. The summed E-state index contributed by atoms with van der Waals surface area (Å²) in [5, 5.41) is 3.61. The van der Waals surface area contributed by atoms with Gasteiger partial charge in [0.15, 0.2) is 0 Å². The molecule has 1 aromatic carbocycles. The van der Waals surface area contributed by atoms with Gasteiger partial charge in [-0.15, -0.1) is 0 Å². The van der Waals surface area contributed by atoms with Crippen LogP contribution in [0.25, 0.3) is 0 Å². The number of ether oxygens (including phenoxy) is 1. The Morgan fingerprint density at radius 1 is 1.39 bits per heavy atom. The molecule has 1 unspecified atom stereocenters. The molecule has 0 bridgehead atoms. The first-order valence-electron chi connectivity index (χ1n) is 7.98. The van der Waals surface area contributed by atoms with Gasteiger partial charge in [0.05, 0.1) is 18.2 Å². The highest BCUT2D eigenvalue weighted by Gasteiger charge is 2.36. The standard InChI is InChI=1S/C19H22N2O2/c1-4-23-18(22)13-7-8-16-15(10-13)11-19(2,3)17(21-16)14-6-5-9-20-12-14/h5-10,12,17,21H,4,11H2,1-3H3. The van der Waals surface area contributed by atoms with Gasteiger partial charge in [0.1, 0.15) is 0 Å². The van der Waals surface area contributed by atoms with Gasteiger partial charge in [-0.05, 0) is 54.2 Å². The molecule has 23 heavy (non-hydrogen) atoms. The normalized spacial score (nSPS) is 18.7. The predicted molar refractivity (Wildman–Crippen MR) is 90.5 cm³/mol. The zero-order valence-electron chi connectivity index (χ0n) is 13.8. The summed E-state index contributed by atoms with van der Waals surface area (Å²) in [6.07, 6.45) is 4.60. The van der Waals surface area contributed by atoms with E-state index in [9.17, 15) is 4.79 Å². The maximum Gasteiger partial charge on any atom is 0.338 e. The molecular formula is C19H22N2O2. The van der Waals surface area contributed by atoms with Crippen LogP contribution in [0.1, 0.15) is 48.3 Å². The number of anilines is 1. The molecule has 0 amide bonds. The van der Waals surface area contributed by atoms with E-state index >= 15 is 0 Å². The van der Waals surface area contributed by atoms with E-state index in [2.05, 4.69) is 30.2 Å². The van der Waals surface area contributed by atoms with Crippen LogP contribution in [0.15, 0.2) is 42.7 Å². The van der Waals surface area contributed by atoms with E-state index in [1.54, 1.807) is 6.20 Å². The lowest BCUT2D eigenvalue weighted by atomic mass is 9.73. The van der Waals surface area contributed by atoms with Crippen molar-refractivity contribution in [1.29, 1.82) is 0 Å². The molecule has 0 radical (unpaired) electrons. The number of carbonyl (C=O) groups is 1. The monoisotopic (exact) mass is 310 g/mol. The van der Waals surface area contributed by atoms with E-state index in [4.69, 9.17) is 4.74 Å². The third-order valence-electron chi connectivity index (χ3n) is 4.36. The molecule has 1 aromatic heterocycles. The number of rotatable bonds is 3. The molecule has 1 atom stereocenters. The molecule has 2 aromatic rings. The first-order valence-corrected chi connectivity index (χ1v) is 7.98. The van der Waals surface area contributed by atoms with Gasteiger partial charge in [0, 0.05) is 18.1 Å². The Kier molecular flexibility index (Phi) is 4.07. The molecular weight excluding hydrogens is 288 g/mol. The molecule has 0 saturated carbocycles. The van der Waals surface area contributed by atoms with Gasteiger partial charge in [-0.2, -0.15) is 0 Å². The summed E-state index contributed by atoms with van der Waals surface area (Å²) in [4.78, 5) is 16.2. The SMILES string of the molecule is CCOC(=O)c1ccc2c(c1)CC(C)(C)C(c1cccnc1)N2. The van der Waals surface area contributed by atoms with Crippen molar-refractivity contribution >= 4 is 11.7 Å². The van der Waals surface area contributed by atoms with Crippen molar-refractivity contribution in [3.63, 3.8) is 0 Å². The summed E-state index contributed by atoms with van der Waals surface area (Å²) >= 11 is 0. The fourth-order valence-electron chi connectivity index (χ4n) is 3.25. The van der Waals surface area contributed by atoms with Gasteiger partial charge in [-0.3, -0.25) is 4.98 Å². The molecule has 1 aliphatic rings. The smallest absolute Gasteiger partial charge is 0.338 e. The maximum atomic E-state index is 11.9. The summed E-state index contributed by atoms with van der Waals surface area (Å²) in [7, 11) is 0. The third kappa shape index (κ3) is 3.07. The Balaban J connectivity index is 1.93. The zero-order chi connectivity index (χ0) is 16.4. The number of pyridine rings is 1. The van der Waals surface area contributed by atoms with Crippen LogP contribution in [0.5, 0.6) is 0 Å². The van der Waals surface area contributed by atoms with Gasteiger partial charge in [0.25, 0.3) is 0 Å². The first-order chi connectivity index (χ1) is 11.0. The number of hydrogen-bond donors (Lipinski definition) is 1. The van der Waals surface area contributed by atoms with Gasteiger partial charge >= 0.3 is 5.97 Å². The fraction of sp³-hybridized carbons (Fsp3) is 0.368. The van der Waals surface area contributed by atoms with Crippen molar-refractivity contribution in [3.05, 3.63) is 59.4 Å². The Morgan fingerprint density at radius 3 is 2.91 bits per heavy atom. The highest BCUT2D eigenvalue weighted by Crippen LogP contribution is 2.44. The minimum atomic E-state index is -0.262. The van der Waals surface area contributed by atoms with Gasteiger partial charge in [-0.1, -0.05) is 19.9 Å². The highest BCUT2D eigenvalue weighted by molar-refractivity contribution is 5.90. The van der Waals surface area contributed by atoms with E-state index in [0.29, 0.717) is 12.2 Å². The number of fused-ring (bicyclic) bond motifs is 1. The number of nitrogens with one attached hydrogen (secondary N) is 1. The average Bonchev–Trinajstić information content (AvgIpc) is 2.54. The topological polar surface area (TPSA) is 51.2 Å². The lowest BCUT2D eigenvalue weighted by Crippen LogP contribution is -2.35. The van der Waals surface area contributed by atoms with Gasteiger partial charge < -0.3 is 10.1 Å². The average molecular weight is 310 g/mol. The van der Waals surface area contributed by atoms with Crippen molar-refractivity contribution < 1.29 is 9.53 Å². The Hall–Kier alpha value is -2.36. The quantitative estimate of drug-likeness (QED) is 0.871. The van der Waals surface area contributed by atoms with Crippen molar-refractivity contribution in [3.8, 4) is 0 Å². The second kappa shape index (κ2) is 6.03. The second-order valence-corrected chi connectivity index (χ2v) is 6.62. The van der Waals surface area contributed by atoms with E-state index in [0.717, 1.165) is 17.7 Å². The molecule has 0 aliphatic carbocycles.